The molecule has 0 saturated heterocycles. The van der Waals surface area contributed by atoms with E-state index < -0.39 is 0 Å². The van der Waals surface area contributed by atoms with E-state index in [1.807, 2.05) is 50.3 Å². The van der Waals surface area contributed by atoms with Crippen molar-refractivity contribution in [3.05, 3.63) is 53.8 Å². The van der Waals surface area contributed by atoms with Crippen LogP contribution in [0.15, 0.2) is 53.4 Å². The van der Waals surface area contributed by atoms with Gasteiger partial charge in [-0.05, 0) is 42.3 Å². The SMILES string of the molecule is CC.O/N=C\c1ccc(OC2=CC=CCC2)cc1. The molecule has 0 atom stereocenters. The van der Waals surface area contributed by atoms with Crippen LogP contribution in [0.2, 0.25) is 0 Å². The second-order valence-corrected chi connectivity index (χ2v) is 3.52. The predicted octanol–water partition coefficient (Wildman–Crippen LogP) is 4.13. The molecule has 0 radical (unpaired) electrons. The summed E-state index contributed by atoms with van der Waals surface area (Å²) in [4.78, 5) is 0. The Morgan fingerprint density at radius 3 is 2.50 bits per heavy atom. The molecule has 2 rings (SSSR count). The number of hydrogen-bond acceptors (Lipinski definition) is 3. The highest BCUT2D eigenvalue weighted by Gasteiger charge is 2.02. The molecule has 96 valence electrons. The minimum Gasteiger partial charge on any atom is -0.462 e. The van der Waals surface area contributed by atoms with E-state index in [4.69, 9.17) is 9.94 Å². The first-order valence-corrected chi connectivity index (χ1v) is 6.19. The van der Waals surface area contributed by atoms with Crippen LogP contribution in [-0.2, 0) is 0 Å². The molecule has 0 spiro atoms. The summed E-state index contributed by atoms with van der Waals surface area (Å²) in [7, 11) is 0. The Balaban J connectivity index is 0.000000771. The Labute approximate surface area is 108 Å². The topological polar surface area (TPSA) is 41.8 Å². The van der Waals surface area contributed by atoms with Gasteiger partial charge in [0.25, 0.3) is 0 Å². The fourth-order valence-corrected chi connectivity index (χ4v) is 1.51. The highest BCUT2D eigenvalue weighted by atomic mass is 16.5. The van der Waals surface area contributed by atoms with Gasteiger partial charge >= 0.3 is 0 Å². The Morgan fingerprint density at radius 1 is 1.22 bits per heavy atom. The molecule has 0 unspecified atom stereocenters. The summed E-state index contributed by atoms with van der Waals surface area (Å²) in [6, 6.07) is 7.40. The molecule has 18 heavy (non-hydrogen) atoms. The summed E-state index contributed by atoms with van der Waals surface area (Å²) >= 11 is 0. The van der Waals surface area contributed by atoms with Crippen LogP contribution in [0, 0.1) is 0 Å². The van der Waals surface area contributed by atoms with Gasteiger partial charge < -0.3 is 9.94 Å². The van der Waals surface area contributed by atoms with E-state index in [0.717, 1.165) is 29.9 Å². The van der Waals surface area contributed by atoms with Crippen LogP contribution < -0.4 is 4.74 Å². The Morgan fingerprint density at radius 2 is 1.94 bits per heavy atom. The molecular weight excluding hydrogens is 226 g/mol. The first-order chi connectivity index (χ1) is 8.88. The average molecular weight is 245 g/mol. The van der Waals surface area contributed by atoms with Crippen molar-refractivity contribution in [1.82, 2.24) is 0 Å². The van der Waals surface area contributed by atoms with Crippen molar-refractivity contribution in [2.75, 3.05) is 0 Å². The smallest absolute Gasteiger partial charge is 0.126 e. The molecule has 0 heterocycles. The van der Waals surface area contributed by atoms with Gasteiger partial charge in [-0.25, -0.2) is 0 Å². The molecule has 1 N–H and O–H groups in total. The molecule has 1 aliphatic carbocycles. The lowest BCUT2D eigenvalue weighted by atomic mass is 10.1. The standard InChI is InChI=1S/C13H13NO2.C2H6/c15-14-10-11-6-8-13(9-7-11)16-12-4-2-1-3-5-12;1-2/h1-2,4,6-10,15H,3,5H2;1-2H3/b14-10-;. The number of rotatable bonds is 3. The second kappa shape index (κ2) is 8.12. The quantitative estimate of drug-likeness (QED) is 0.494. The summed E-state index contributed by atoms with van der Waals surface area (Å²) in [5.41, 5.74) is 0.840. The van der Waals surface area contributed by atoms with Gasteiger partial charge in [-0.15, -0.1) is 0 Å². The van der Waals surface area contributed by atoms with E-state index >= 15 is 0 Å². The maximum Gasteiger partial charge on any atom is 0.126 e. The number of allylic oxidation sites excluding steroid dienone is 4. The van der Waals surface area contributed by atoms with Crippen LogP contribution in [-0.4, -0.2) is 11.4 Å². The number of benzene rings is 1. The van der Waals surface area contributed by atoms with E-state index in [1.54, 1.807) is 0 Å². The largest absolute Gasteiger partial charge is 0.462 e. The molecule has 3 heteroatoms. The summed E-state index contributed by atoms with van der Waals surface area (Å²) < 4.78 is 5.69. The summed E-state index contributed by atoms with van der Waals surface area (Å²) in [6.07, 6.45) is 9.45. The number of ether oxygens (including phenoxy) is 1. The van der Waals surface area contributed by atoms with Gasteiger partial charge in [-0.3, -0.25) is 0 Å². The highest BCUT2D eigenvalue weighted by Crippen LogP contribution is 2.19. The van der Waals surface area contributed by atoms with Gasteiger partial charge in [0.1, 0.15) is 11.5 Å². The lowest BCUT2D eigenvalue weighted by molar-refractivity contribution is 0.322. The minimum absolute atomic E-state index is 0.802. The maximum absolute atomic E-state index is 8.37. The molecule has 0 saturated carbocycles. The zero-order valence-corrected chi connectivity index (χ0v) is 10.8. The second-order valence-electron chi connectivity index (χ2n) is 3.52. The van der Waals surface area contributed by atoms with E-state index in [2.05, 4.69) is 11.2 Å². The molecular formula is C15H19NO2. The lowest BCUT2D eigenvalue weighted by Crippen LogP contribution is -1.97. The van der Waals surface area contributed by atoms with Crippen LogP contribution in [0.4, 0.5) is 0 Å². The van der Waals surface area contributed by atoms with E-state index in [1.165, 1.54) is 6.21 Å². The normalized spacial score (nSPS) is 13.8. The van der Waals surface area contributed by atoms with Crippen molar-refractivity contribution in [3.63, 3.8) is 0 Å². The Kier molecular flexibility index (Phi) is 6.33. The van der Waals surface area contributed by atoms with E-state index in [-0.39, 0.29) is 0 Å². The molecule has 0 bridgehead atoms. The van der Waals surface area contributed by atoms with E-state index in [0.29, 0.717) is 0 Å². The van der Waals surface area contributed by atoms with E-state index in [9.17, 15) is 0 Å². The van der Waals surface area contributed by atoms with Crippen molar-refractivity contribution in [2.24, 2.45) is 5.16 Å². The van der Waals surface area contributed by atoms with Crippen molar-refractivity contribution in [3.8, 4) is 5.75 Å². The molecule has 3 nitrogen and oxygen atoms in total. The van der Waals surface area contributed by atoms with Crippen molar-refractivity contribution in [1.29, 1.82) is 0 Å². The highest BCUT2D eigenvalue weighted by molar-refractivity contribution is 5.79. The number of nitrogens with zero attached hydrogens (tertiary/aromatic N) is 1. The molecule has 1 aromatic carbocycles. The third-order valence-corrected chi connectivity index (χ3v) is 2.31. The van der Waals surface area contributed by atoms with Gasteiger partial charge in [-0.1, -0.05) is 31.2 Å². The third-order valence-electron chi connectivity index (χ3n) is 2.31. The van der Waals surface area contributed by atoms with Crippen molar-refractivity contribution >= 4 is 6.21 Å². The van der Waals surface area contributed by atoms with Gasteiger partial charge in [0, 0.05) is 6.42 Å². The number of hydrogen-bond donors (Lipinski definition) is 1. The van der Waals surface area contributed by atoms with Crippen LogP contribution in [0.5, 0.6) is 5.75 Å². The molecule has 0 amide bonds. The van der Waals surface area contributed by atoms with Crippen LogP contribution in [0.25, 0.3) is 0 Å². The summed E-state index contributed by atoms with van der Waals surface area (Å²) in [5, 5.41) is 11.3. The lowest BCUT2D eigenvalue weighted by Gasteiger charge is -2.10. The summed E-state index contributed by atoms with van der Waals surface area (Å²) in [6.45, 7) is 4.00. The zero-order valence-electron chi connectivity index (χ0n) is 10.8. The van der Waals surface area contributed by atoms with Crippen LogP contribution in [0.3, 0.4) is 0 Å². The maximum atomic E-state index is 8.37. The fraction of sp³-hybridized carbons (Fsp3) is 0.267. The molecule has 1 aromatic rings. The first-order valence-electron chi connectivity index (χ1n) is 6.19. The summed E-state index contributed by atoms with van der Waals surface area (Å²) in [5.74, 6) is 1.78. The Bertz CT molecular complexity index is 430. The van der Waals surface area contributed by atoms with Gasteiger partial charge in [-0.2, -0.15) is 0 Å². The Hall–Kier alpha value is -2.03. The zero-order chi connectivity index (χ0) is 13.2. The minimum atomic E-state index is 0.802. The molecule has 0 fully saturated rings. The molecule has 1 aliphatic rings. The number of oxime groups is 1. The fourth-order valence-electron chi connectivity index (χ4n) is 1.51. The van der Waals surface area contributed by atoms with Crippen molar-refractivity contribution < 1.29 is 9.94 Å². The third kappa shape index (κ3) is 4.45. The van der Waals surface area contributed by atoms with Gasteiger partial charge in [0.2, 0.25) is 0 Å². The van der Waals surface area contributed by atoms with Gasteiger partial charge in [0.05, 0.1) is 6.21 Å². The van der Waals surface area contributed by atoms with Crippen LogP contribution in [0.1, 0.15) is 32.3 Å². The first kappa shape index (κ1) is 14.0. The molecule has 0 aromatic heterocycles. The van der Waals surface area contributed by atoms with Crippen LogP contribution >= 0.6 is 0 Å². The predicted molar refractivity (Wildman–Crippen MR) is 74.3 cm³/mol. The molecule has 0 aliphatic heterocycles. The van der Waals surface area contributed by atoms with Gasteiger partial charge in [0.15, 0.2) is 0 Å². The monoisotopic (exact) mass is 245 g/mol. The van der Waals surface area contributed by atoms with Crippen molar-refractivity contribution in [2.45, 2.75) is 26.7 Å². The average Bonchev–Trinajstić information content (AvgIpc) is 2.45.